The topological polar surface area (TPSA) is 61.8 Å². The Labute approximate surface area is 129 Å². The summed E-state index contributed by atoms with van der Waals surface area (Å²) < 4.78 is 15.9. The number of hydrogen-bond acceptors (Lipinski definition) is 5. The molecule has 1 aromatic rings. The number of carbonyl (C=O) groups excluding carboxylic acids is 2. The fourth-order valence-corrected chi connectivity index (χ4v) is 3.50. The highest BCUT2D eigenvalue weighted by atomic mass is 16.7. The predicted octanol–water partition coefficient (Wildman–Crippen LogP) is 2.35. The standard InChI is InChI=1S/C17H20O5/c1-16(2)21-14(18)13(15(19)22-16)17(3)8-7-10-5-6-11(20-4)9-12(10)17/h5-6,9,13H,7-8H2,1-4H3/t17-/m1/s1. The van der Waals surface area contributed by atoms with E-state index < -0.39 is 29.1 Å². The molecule has 0 radical (unpaired) electrons. The van der Waals surface area contributed by atoms with Crippen LogP contribution in [-0.2, 0) is 30.9 Å². The number of rotatable bonds is 2. The van der Waals surface area contributed by atoms with E-state index in [-0.39, 0.29) is 0 Å². The molecular formula is C17H20O5. The number of hydrogen-bond donors (Lipinski definition) is 0. The van der Waals surface area contributed by atoms with Crippen LogP contribution >= 0.6 is 0 Å². The van der Waals surface area contributed by atoms with Crippen molar-refractivity contribution >= 4 is 11.9 Å². The van der Waals surface area contributed by atoms with Crippen LogP contribution in [-0.4, -0.2) is 24.8 Å². The second kappa shape index (κ2) is 4.73. The minimum absolute atomic E-state index is 0.514. The van der Waals surface area contributed by atoms with Gasteiger partial charge in [-0.2, -0.15) is 0 Å². The number of aryl methyl sites for hydroxylation is 1. The van der Waals surface area contributed by atoms with Crippen molar-refractivity contribution in [3.8, 4) is 5.75 Å². The number of methoxy groups -OCH3 is 1. The first-order valence-corrected chi connectivity index (χ1v) is 7.40. The Morgan fingerprint density at radius 2 is 1.77 bits per heavy atom. The maximum absolute atomic E-state index is 12.4. The summed E-state index contributed by atoms with van der Waals surface area (Å²) in [4.78, 5) is 24.8. The normalized spacial score (nSPS) is 27.1. The average Bonchev–Trinajstić information content (AvgIpc) is 2.74. The molecule has 1 aliphatic carbocycles. The van der Waals surface area contributed by atoms with E-state index in [1.165, 1.54) is 0 Å². The monoisotopic (exact) mass is 304 g/mol. The lowest BCUT2D eigenvalue weighted by Crippen LogP contribution is -2.52. The molecule has 3 rings (SSSR count). The second-order valence-electron chi connectivity index (χ2n) is 6.62. The van der Waals surface area contributed by atoms with E-state index in [1.807, 2.05) is 25.1 Å². The smallest absolute Gasteiger partial charge is 0.324 e. The van der Waals surface area contributed by atoms with Crippen LogP contribution in [0.4, 0.5) is 0 Å². The van der Waals surface area contributed by atoms with Crippen molar-refractivity contribution in [2.24, 2.45) is 5.92 Å². The summed E-state index contributed by atoms with van der Waals surface area (Å²) in [5, 5.41) is 0. The molecule has 1 saturated heterocycles. The van der Waals surface area contributed by atoms with Crippen LogP contribution in [0.3, 0.4) is 0 Å². The number of ether oxygens (including phenoxy) is 3. The van der Waals surface area contributed by atoms with Gasteiger partial charge in [-0.1, -0.05) is 13.0 Å². The lowest BCUT2D eigenvalue weighted by Gasteiger charge is -2.39. The van der Waals surface area contributed by atoms with Gasteiger partial charge >= 0.3 is 11.9 Å². The van der Waals surface area contributed by atoms with Crippen molar-refractivity contribution in [2.75, 3.05) is 7.11 Å². The third-order valence-electron chi connectivity index (χ3n) is 4.65. The number of esters is 2. The van der Waals surface area contributed by atoms with Crippen LogP contribution < -0.4 is 4.74 Å². The molecule has 5 heteroatoms. The highest BCUT2D eigenvalue weighted by molar-refractivity contribution is 5.98. The molecule has 0 saturated carbocycles. The highest BCUT2D eigenvalue weighted by Gasteiger charge is 2.55. The van der Waals surface area contributed by atoms with E-state index in [0.717, 1.165) is 17.5 Å². The average molecular weight is 304 g/mol. The molecule has 0 aromatic heterocycles. The zero-order valence-corrected chi connectivity index (χ0v) is 13.3. The molecule has 22 heavy (non-hydrogen) atoms. The van der Waals surface area contributed by atoms with Crippen LogP contribution in [0.25, 0.3) is 0 Å². The van der Waals surface area contributed by atoms with Crippen LogP contribution in [0, 0.1) is 5.92 Å². The lowest BCUT2D eigenvalue weighted by molar-refractivity contribution is -0.243. The Balaban J connectivity index is 2.03. The number of benzene rings is 1. The number of cyclic esters (lactones) is 2. The summed E-state index contributed by atoms with van der Waals surface area (Å²) in [5.74, 6) is -2.45. The third-order valence-corrected chi connectivity index (χ3v) is 4.65. The Morgan fingerprint density at radius 1 is 1.14 bits per heavy atom. The van der Waals surface area contributed by atoms with Crippen LogP contribution in [0.15, 0.2) is 18.2 Å². The predicted molar refractivity (Wildman–Crippen MR) is 78.4 cm³/mol. The molecule has 0 unspecified atom stereocenters. The fraction of sp³-hybridized carbons (Fsp3) is 0.529. The van der Waals surface area contributed by atoms with Gasteiger partial charge in [0.25, 0.3) is 5.79 Å². The molecule has 0 N–H and O–H groups in total. The van der Waals surface area contributed by atoms with E-state index in [2.05, 4.69) is 0 Å². The molecule has 2 aliphatic rings. The van der Waals surface area contributed by atoms with Crippen molar-refractivity contribution in [1.82, 2.24) is 0 Å². The van der Waals surface area contributed by atoms with E-state index in [4.69, 9.17) is 14.2 Å². The highest BCUT2D eigenvalue weighted by Crippen LogP contribution is 2.48. The molecule has 0 amide bonds. The van der Waals surface area contributed by atoms with Crippen molar-refractivity contribution < 1.29 is 23.8 Å². The zero-order valence-electron chi connectivity index (χ0n) is 13.3. The molecule has 0 bridgehead atoms. The first-order valence-electron chi connectivity index (χ1n) is 7.40. The second-order valence-corrected chi connectivity index (χ2v) is 6.62. The van der Waals surface area contributed by atoms with Crippen LogP contribution in [0.2, 0.25) is 0 Å². The lowest BCUT2D eigenvalue weighted by atomic mass is 9.72. The van der Waals surface area contributed by atoms with E-state index >= 15 is 0 Å². The quantitative estimate of drug-likeness (QED) is 0.620. The van der Waals surface area contributed by atoms with Crippen molar-refractivity contribution in [2.45, 2.75) is 44.8 Å². The molecular weight excluding hydrogens is 284 g/mol. The van der Waals surface area contributed by atoms with Gasteiger partial charge < -0.3 is 14.2 Å². The molecule has 118 valence electrons. The van der Waals surface area contributed by atoms with Gasteiger partial charge in [-0.15, -0.1) is 0 Å². The maximum Gasteiger partial charge on any atom is 0.324 e. The maximum atomic E-state index is 12.4. The van der Waals surface area contributed by atoms with Crippen LogP contribution in [0.5, 0.6) is 5.75 Å². The molecule has 1 aliphatic heterocycles. The van der Waals surface area contributed by atoms with Gasteiger partial charge in [-0.3, -0.25) is 9.59 Å². The Bertz CT molecular complexity index is 628. The van der Waals surface area contributed by atoms with Crippen molar-refractivity contribution in [3.63, 3.8) is 0 Å². The van der Waals surface area contributed by atoms with Gasteiger partial charge in [-0.05, 0) is 36.1 Å². The minimum atomic E-state index is -1.20. The number of fused-ring (bicyclic) bond motifs is 1. The fourth-order valence-electron chi connectivity index (χ4n) is 3.50. The summed E-state index contributed by atoms with van der Waals surface area (Å²) in [6.07, 6.45) is 1.51. The Hall–Kier alpha value is -2.04. The third kappa shape index (κ3) is 2.16. The summed E-state index contributed by atoms with van der Waals surface area (Å²) >= 11 is 0. The first-order chi connectivity index (χ1) is 10.3. The summed E-state index contributed by atoms with van der Waals surface area (Å²) in [6, 6.07) is 5.79. The first kappa shape index (κ1) is 14.9. The van der Waals surface area contributed by atoms with Gasteiger partial charge in [0.15, 0.2) is 5.92 Å². The van der Waals surface area contributed by atoms with Gasteiger partial charge in [0, 0.05) is 19.3 Å². The van der Waals surface area contributed by atoms with E-state index in [0.29, 0.717) is 12.2 Å². The molecule has 0 spiro atoms. The zero-order chi connectivity index (χ0) is 16.1. The van der Waals surface area contributed by atoms with Gasteiger partial charge in [0.2, 0.25) is 0 Å². The SMILES string of the molecule is COc1ccc2c(c1)[C@](C)(C1C(=O)OC(C)(C)OC1=O)CC2. The van der Waals surface area contributed by atoms with Gasteiger partial charge in [0.1, 0.15) is 5.75 Å². The summed E-state index contributed by atoms with van der Waals surface area (Å²) in [6.45, 7) is 5.05. The van der Waals surface area contributed by atoms with Gasteiger partial charge in [-0.25, -0.2) is 0 Å². The summed E-state index contributed by atoms with van der Waals surface area (Å²) in [7, 11) is 1.60. The summed E-state index contributed by atoms with van der Waals surface area (Å²) in [5.41, 5.74) is 1.47. The molecule has 5 nitrogen and oxygen atoms in total. The van der Waals surface area contributed by atoms with Gasteiger partial charge in [0.05, 0.1) is 7.11 Å². The van der Waals surface area contributed by atoms with Crippen molar-refractivity contribution in [3.05, 3.63) is 29.3 Å². The molecule has 1 atom stereocenters. The van der Waals surface area contributed by atoms with E-state index in [1.54, 1.807) is 21.0 Å². The number of carbonyl (C=O) groups is 2. The molecule has 1 heterocycles. The van der Waals surface area contributed by atoms with E-state index in [9.17, 15) is 9.59 Å². The molecule has 1 fully saturated rings. The Kier molecular flexibility index (Phi) is 3.20. The molecule has 1 aromatic carbocycles. The Morgan fingerprint density at radius 3 is 2.36 bits per heavy atom. The minimum Gasteiger partial charge on any atom is -0.497 e. The van der Waals surface area contributed by atoms with Crippen LogP contribution in [0.1, 0.15) is 38.3 Å². The van der Waals surface area contributed by atoms with Crippen molar-refractivity contribution in [1.29, 1.82) is 0 Å². The largest absolute Gasteiger partial charge is 0.497 e.